The zero-order valence-corrected chi connectivity index (χ0v) is 21.1. The highest BCUT2D eigenvalue weighted by Gasteiger charge is 2.34. The zero-order valence-electron chi connectivity index (χ0n) is 21.1. The first-order chi connectivity index (χ1) is 17.4. The highest BCUT2D eigenvalue weighted by molar-refractivity contribution is 6.00. The van der Waals surface area contributed by atoms with Crippen LogP contribution in [0.15, 0.2) is 30.6 Å². The van der Waals surface area contributed by atoms with Gasteiger partial charge in [-0.3, -0.25) is 14.4 Å². The molecule has 1 aromatic carbocycles. The van der Waals surface area contributed by atoms with Crippen molar-refractivity contribution in [2.45, 2.75) is 32.7 Å². The molecule has 3 heterocycles. The van der Waals surface area contributed by atoms with E-state index in [1.54, 1.807) is 36.1 Å². The largest absolute Gasteiger partial charge is 0.494 e. The number of anilines is 3. The Morgan fingerprint density at radius 3 is 2.58 bits per heavy atom. The maximum atomic E-state index is 13.2. The summed E-state index contributed by atoms with van der Waals surface area (Å²) in [6, 6.07) is 7.22. The molecule has 1 saturated heterocycles. The normalized spacial score (nSPS) is 13.4. The third-order valence-corrected chi connectivity index (χ3v) is 6.25. The third-order valence-electron chi connectivity index (χ3n) is 6.25. The van der Waals surface area contributed by atoms with Crippen LogP contribution in [0.3, 0.4) is 0 Å². The summed E-state index contributed by atoms with van der Waals surface area (Å²) in [5.74, 6) is 0.957. The summed E-state index contributed by atoms with van der Waals surface area (Å²) < 4.78 is 7.30. The summed E-state index contributed by atoms with van der Waals surface area (Å²) in [5.41, 5.74) is 1.74. The Balaban J connectivity index is 1.72. The molecule has 0 aliphatic carbocycles. The van der Waals surface area contributed by atoms with E-state index in [2.05, 4.69) is 44.8 Å². The van der Waals surface area contributed by atoms with Gasteiger partial charge in [0, 0.05) is 39.3 Å². The minimum Gasteiger partial charge on any atom is -0.494 e. The summed E-state index contributed by atoms with van der Waals surface area (Å²) in [6.45, 7) is 5.25. The van der Waals surface area contributed by atoms with Crippen molar-refractivity contribution in [3.63, 3.8) is 0 Å². The van der Waals surface area contributed by atoms with Crippen LogP contribution >= 0.6 is 0 Å². The number of rotatable bonds is 9. The van der Waals surface area contributed by atoms with E-state index in [9.17, 15) is 9.59 Å². The highest BCUT2D eigenvalue weighted by atomic mass is 16.5. The Labute approximate surface area is 209 Å². The molecule has 190 valence electrons. The second-order valence-corrected chi connectivity index (χ2v) is 8.40. The standard InChI is InChI=1S/C24H31N9O3/c1-6-15(7-2)32-11-12-33(24(32)35)19-13-18(20(29-28-19)23(34)25-3)27-17-10-8-9-16(21(17)36-5)22-26-14-31(4)30-22/h8-10,13-15H,6-7,11-12H2,1-5H3,(H,25,34)(H,27,28). The molecule has 0 atom stereocenters. The van der Waals surface area contributed by atoms with Crippen LogP contribution in [-0.4, -0.2) is 75.1 Å². The first-order valence-corrected chi connectivity index (χ1v) is 11.9. The van der Waals surface area contributed by atoms with E-state index in [-0.39, 0.29) is 17.8 Å². The lowest BCUT2D eigenvalue weighted by atomic mass is 10.1. The van der Waals surface area contributed by atoms with Crippen molar-refractivity contribution in [1.82, 2.24) is 35.2 Å². The number of benzene rings is 1. The molecule has 1 fully saturated rings. The van der Waals surface area contributed by atoms with Crippen LogP contribution in [0.5, 0.6) is 5.75 Å². The number of nitrogens with zero attached hydrogens (tertiary/aromatic N) is 7. The number of aromatic nitrogens is 5. The lowest BCUT2D eigenvalue weighted by Crippen LogP contribution is -2.39. The molecule has 12 nitrogen and oxygen atoms in total. The number of nitrogens with one attached hydrogen (secondary N) is 2. The molecule has 0 saturated carbocycles. The van der Waals surface area contributed by atoms with Gasteiger partial charge < -0.3 is 20.3 Å². The summed E-state index contributed by atoms with van der Waals surface area (Å²) >= 11 is 0. The second-order valence-electron chi connectivity index (χ2n) is 8.40. The molecule has 36 heavy (non-hydrogen) atoms. The van der Waals surface area contributed by atoms with E-state index in [4.69, 9.17) is 4.74 Å². The van der Waals surface area contributed by atoms with Gasteiger partial charge in [-0.1, -0.05) is 19.9 Å². The van der Waals surface area contributed by atoms with Gasteiger partial charge in [-0.15, -0.1) is 10.2 Å². The van der Waals surface area contributed by atoms with Gasteiger partial charge in [-0.25, -0.2) is 9.78 Å². The van der Waals surface area contributed by atoms with Gasteiger partial charge in [0.05, 0.1) is 24.0 Å². The van der Waals surface area contributed by atoms with Gasteiger partial charge in [-0.2, -0.15) is 5.10 Å². The summed E-state index contributed by atoms with van der Waals surface area (Å²) in [7, 11) is 4.86. The molecule has 0 spiro atoms. The number of para-hydroxylation sites is 1. The fraction of sp³-hybridized carbons (Fsp3) is 0.417. The maximum Gasteiger partial charge on any atom is 0.326 e. The molecular formula is C24H31N9O3. The van der Waals surface area contributed by atoms with E-state index < -0.39 is 5.91 Å². The Kier molecular flexibility index (Phi) is 7.32. The van der Waals surface area contributed by atoms with E-state index in [1.165, 1.54) is 7.05 Å². The Hall–Kier alpha value is -4.22. The van der Waals surface area contributed by atoms with Gasteiger partial charge in [-0.05, 0) is 25.0 Å². The number of methoxy groups -OCH3 is 1. The van der Waals surface area contributed by atoms with Crippen molar-refractivity contribution >= 4 is 29.1 Å². The Morgan fingerprint density at radius 2 is 1.94 bits per heavy atom. The third kappa shape index (κ3) is 4.66. The quantitative estimate of drug-likeness (QED) is 0.465. The average molecular weight is 494 g/mol. The lowest BCUT2D eigenvalue weighted by Gasteiger charge is -2.25. The maximum absolute atomic E-state index is 13.2. The minimum absolute atomic E-state index is 0.0909. The van der Waals surface area contributed by atoms with Crippen LogP contribution in [-0.2, 0) is 7.05 Å². The van der Waals surface area contributed by atoms with Gasteiger partial charge in [0.1, 0.15) is 6.33 Å². The van der Waals surface area contributed by atoms with E-state index in [1.807, 2.05) is 23.1 Å². The first-order valence-electron chi connectivity index (χ1n) is 11.9. The van der Waals surface area contributed by atoms with Gasteiger partial charge in [0.15, 0.2) is 23.1 Å². The number of amides is 3. The number of carbonyl (C=O) groups excluding carboxylic acids is 2. The SMILES string of the molecule is CCC(CC)N1CCN(c2cc(Nc3cccc(-c4ncn(C)n4)c3OC)c(C(=O)NC)nn2)C1=O. The van der Waals surface area contributed by atoms with Gasteiger partial charge >= 0.3 is 6.03 Å². The smallest absolute Gasteiger partial charge is 0.326 e. The van der Waals surface area contributed by atoms with E-state index in [0.29, 0.717) is 47.4 Å². The fourth-order valence-electron chi connectivity index (χ4n) is 4.37. The Morgan fingerprint density at radius 1 is 1.17 bits per heavy atom. The molecule has 3 amide bonds. The van der Waals surface area contributed by atoms with Crippen molar-refractivity contribution in [2.24, 2.45) is 7.05 Å². The van der Waals surface area contributed by atoms with Crippen LogP contribution in [0.4, 0.5) is 22.0 Å². The molecule has 0 radical (unpaired) electrons. The van der Waals surface area contributed by atoms with Gasteiger partial charge in [0.25, 0.3) is 5.91 Å². The minimum atomic E-state index is -0.413. The predicted octanol–water partition coefficient (Wildman–Crippen LogP) is 2.81. The molecule has 0 unspecified atom stereocenters. The summed E-state index contributed by atoms with van der Waals surface area (Å²) in [6.07, 6.45) is 3.37. The molecule has 12 heteroatoms. The molecule has 0 bridgehead atoms. The molecule has 2 aromatic heterocycles. The number of hydrogen-bond donors (Lipinski definition) is 2. The van der Waals surface area contributed by atoms with Crippen molar-refractivity contribution in [3.05, 3.63) is 36.3 Å². The predicted molar refractivity (Wildman–Crippen MR) is 136 cm³/mol. The highest BCUT2D eigenvalue weighted by Crippen LogP contribution is 2.37. The number of aryl methyl sites for hydroxylation is 1. The lowest BCUT2D eigenvalue weighted by molar-refractivity contribution is 0.0958. The van der Waals surface area contributed by atoms with Crippen LogP contribution < -0.4 is 20.3 Å². The van der Waals surface area contributed by atoms with Crippen molar-refractivity contribution in [3.8, 4) is 17.1 Å². The number of carbonyl (C=O) groups is 2. The monoisotopic (exact) mass is 493 g/mol. The first kappa shape index (κ1) is 24.9. The topological polar surface area (TPSA) is 130 Å². The number of hydrogen-bond acceptors (Lipinski definition) is 8. The van der Waals surface area contributed by atoms with Gasteiger partial charge in [0.2, 0.25) is 0 Å². The summed E-state index contributed by atoms with van der Waals surface area (Å²) in [5, 5.41) is 18.6. The number of urea groups is 1. The Bertz CT molecular complexity index is 1260. The van der Waals surface area contributed by atoms with Crippen molar-refractivity contribution < 1.29 is 14.3 Å². The van der Waals surface area contributed by atoms with Crippen molar-refractivity contribution in [1.29, 1.82) is 0 Å². The fourth-order valence-corrected chi connectivity index (χ4v) is 4.37. The van der Waals surface area contributed by atoms with Crippen molar-refractivity contribution in [2.75, 3.05) is 37.5 Å². The molecular weight excluding hydrogens is 462 g/mol. The molecule has 3 aromatic rings. The summed E-state index contributed by atoms with van der Waals surface area (Å²) in [4.78, 5) is 33.5. The van der Waals surface area contributed by atoms with Crippen LogP contribution in [0.2, 0.25) is 0 Å². The zero-order chi connectivity index (χ0) is 25.8. The number of ether oxygens (including phenoxy) is 1. The average Bonchev–Trinajstić information content (AvgIpc) is 3.50. The molecule has 2 N–H and O–H groups in total. The van der Waals surface area contributed by atoms with Crippen LogP contribution in [0.25, 0.3) is 11.4 Å². The molecule has 1 aliphatic rings. The molecule has 1 aliphatic heterocycles. The van der Waals surface area contributed by atoms with Crippen LogP contribution in [0, 0.1) is 0 Å². The van der Waals surface area contributed by atoms with E-state index in [0.717, 1.165) is 12.8 Å². The second kappa shape index (κ2) is 10.6. The van der Waals surface area contributed by atoms with E-state index >= 15 is 0 Å². The van der Waals surface area contributed by atoms with Crippen LogP contribution in [0.1, 0.15) is 37.2 Å². The molecule has 4 rings (SSSR count).